The number of carboxylic acids is 1. The van der Waals surface area contributed by atoms with Crippen LogP contribution in [-0.4, -0.2) is 55.9 Å². The first-order valence-corrected chi connectivity index (χ1v) is 7.45. The van der Waals surface area contributed by atoms with Crippen LogP contribution < -0.4 is 10.1 Å². The summed E-state index contributed by atoms with van der Waals surface area (Å²) in [5.74, 6) is -1.38. The first-order chi connectivity index (χ1) is 9.86. The van der Waals surface area contributed by atoms with E-state index in [1.165, 1.54) is 31.4 Å². The number of carbonyl (C=O) groups is 2. The highest BCUT2D eigenvalue weighted by molar-refractivity contribution is 7.89. The molecule has 1 amide bonds. The van der Waals surface area contributed by atoms with Crippen molar-refractivity contribution in [1.82, 2.24) is 9.62 Å². The molecule has 1 aromatic rings. The van der Waals surface area contributed by atoms with Gasteiger partial charge in [-0.3, -0.25) is 9.59 Å². The summed E-state index contributed by atoms with van der Waals surface area (Å²) in [5, 5.41) is 11.4. The molecule has 21 heavy (non-hydrogen) atoms. The van der Waals surface area contributed by atoms with Crippen LogP contribution in [0.15, 0.2) is 29.2 Å². The van der Waals surface area contributed by atoms with Crippen molar-refractivity contribution in [3.05, 3.63) is 24.3 Å². The number of hydrogen-bond acceptors (Lipinski definition) is 5. The van der Waals surface area contributed by atoms with Gasteiger partial charge < -0.3 is 15.2 Å². The van der Waals surface area contributed by atoms with E-state index in [9.17, 15) is 18.0 Å². The Morgan fingerprint density at radius 3 is 2.52 bits per heavy atom. The highest BCUT2D eigenvalue weighted by Crippen LogP contribution is 2.22. The SMILES string of the molecule is COc1ccc(S(=O)(=O)N2CC(=O)NCC2C(=O)O)cc1. The Hall–Kier alpha value is -2.13. The van der Waals surface area contributed by atoms with Crippen molar-refractivity contribution in [3.8, 4) is 5.75 Å². The van der Waals surface area contributed by atoms with E-state index in [0.29, 0.717) is 10.1 Å². The largest absolute Gasteiger partial charge is 0.497 e. The van der Waals surface area contributed by atoms with Gasteiger partial charge in [0, 0.05) is 6.54 Å². The number of carboxylic acid groups (broad SMARTS) is 1. The third kappa shape index (κ3) is 2.98. The minimum absolute atomic E-state index is 0.0933. The number of piperazine rings is 1. The summed E-state index contributed by atoms with van der Waals surface area (Å²) in [6, 6.07) is 4.19. The second kappa shape index (κ2) is 5.70. The van der Waals surface area contributed by atoms with Gasteiger partial charge in [0.05, 0.1) is 18.6 Å². The average Bonchev–Trinajstić information content (AvgIpc) is 2.47. The van der Waals surface area contributed by atoms with Crippen LogP contribution >= 0.6 is 0 Å². The van der Waals surface area contributed by atoms with E-state index in [2.05, 4.69) is 5.32 Å². The van der Waals surface area contributed by atoms with Crippen molar-refractivity contribution in [2.24, 2.45) is 0 Å². The minimum Gasteiger partial charge on any atom is -0.497 e. The molecule has 1 aliphatic heterocycles. The summed E-state index contributed by atoms with van der Waals surface area (Å²) >= 11 is 0. The molecule has 0 radical (unpaired) electrons. The van der Waals surface area contributed by atoms with E-state index in [-0.39, 0.29) is 11.4 Å². The predicted molar refractivity (Wildman–Crippen MR) is 71.3 cm³/mol. The number of hydrogen-bond donors (Lipinski definition) is 2. The van der Waals surface area contributed by atoms with E-state index in [4.69, 9.17) is 9.84 Å². The molecule has 1 fully saturated rings. The molecule has 9 heteroatoms. The van der Waals surface area contributed by atoms with Gasteiger partial charge in [0.1, 0.15) is 11.8 Å². The number of ether oxygens (including phenoxy) is 1. The topological polar surface area (TPSA) is 113 Å². The lowest BCUT2D eigenvalue weighted by atomic mass is 10.2. The quantitative estimate of drug-likeness (QED) is 0.757. The van der Waals surface area contributed by atoms with Gasteiger partial charge in [-0.25, -0.2) is 8.42 Å². The van der Waals surface area contributed by atoms with Crippen LogP contribution in [0.3, 0.4) is 0 Å². The van der Waals surface area contributed by atoms with Crippen LogP contribution in [0.25, 0.3) is 0 Å². The van der Waals surface area contributed by atoms with E-state index in [1.807, 2.05) is 0 Å². The molecule has 1 heterocycles. The number of amides is 1. The molecule has 114 valence electrons. The van der Waals surface area contributed by atoms with Crippen molar-refractivity contribution in [3.63, 3.8) is 0 Å². The third-order valence-electron chi connectivity index (χ3n) is 3.09. The van der Waals surface area contributed by atoms with Crippen LogP contribution in [0.4, 0.5) is 0 Å². The van der Waals surface area contributed by atoms with Crippen LogP contribution in [0.5, 0.6) is 5.75 Å². The molecule has 1 aliphatic rings. The first-order valence-electron chi connectivity index (χ1n) is 6.01. The lowest BCUT2D eigenvalue weighted by molar-refractivity contribution is -0.143. The number of carbonyl (C=O) groups excluding carboxylic acids is 1. The molecule has 0 aromatic heterocycles. The Balaban J connectivity index is 2.39. The Kier molecular flexibility index (Phi) is 4.14. The maximum Gasteiger partial charge on any atom is 0.323 e. The zero-order valence-corrected chi connectivity index (χ0v) is 12.0. The second-order valence-electron chi connectivity index (χ2n) is 4.38. The highest BCUT2D eigenvalue weighted by Gasteiger charge is 2.40. The zero-order valence-electron chi connectivity index (χ0n) is 11.1. The summed E-state index contributed by atoms with van der Waals surface area (Å²) in [4.78, 5) is 22.5. The number of sulfonamides is 1. The zero-order chi connectivity index (χ0) is 15.6. The Labute approximate surface area is 121 Å². The molecule has 0 saturated carbocycles. The molecule has 1 atom stereocenters. The molecule has 8 nitrogen and oxygen atoms in total. The van der Waals surface area contributed by atoms with Gasteiger partial charge in [-0.1, -0.05) is 0 Å². The van der Waals surface area contributed by atoms with Crippen LogP contribution in [0.2, 0.25) is 0 Å². The molecular weight excluding hydrogens is 300 g/mol. The molecule has 2 N–H and O–H groups in total. The number of aliphatic carboxylic acids is 1. The number of methoxy groups -OCH3 is 1. The molecule has 1 unspecified atom stereocenters. The van der Waals surface area contributed by atoms with Crippen LogP contribution in [0, 0.1) is 0 Å². The highest BCUT2D eigenvalue weighted by atomic mass is 32.2. The van der Waals surface area contributed by atoms with Crippen molar-refractivity contribution in [2.75, 3.05) is 20.2 Å². The number of benzene rings is 1. The van der Waals surface area contributed by atoms with Gasteiger partial charge in [0.15, 0.2) is 0 Å². The molecule has 0 aliphatic carbocycles. The van der Waals surface area contributed by atoms with Gasteiger partial charge in [-0.2, -0.15) is 4.31 Å². The number of rotatable bonds is 4. The van der Waals surface area contributed by atoms with E-state index < -0.39 is 34.5 Å². The smallest absolute Gasteiger partial charge is 0.323 e. The van der Waals surface area contributed by atoms with Crippen molar-refractivity contribution >= 4 is 21.9 Å². The molecular formula is C12H14N2O6S. The summed E-state index contributed by atoms with van der Waals surface area (Å²) in [6.07, 6.45) is 0. The normalized spacial score (nSPS) is 19.9. The Morgan fingerprint density at radius 1 is 1.38 bits per heavy atom. The Morgan fingerprint density at radius 2 is 2.00 bits per heavy atom. The lowest BCUT2D eigenvalue weighted by Gasteiger charge is -2.31. The van der Waals surface area contributed by atoms with E-state index in [0.717, 1.165) is 0 Å². The third-order valence-corrected chi connectivity index (χ3v) is 4.96. The van der Waals surface area contributed by atoms with Gasteiger partial charge >= 0.3 is 5.97 Å². The van der Waals surface area contributed by atoms with Gasteiger partial charge in [0.25, 0.3) is 0 Å². The maximum absolute atomic E-state index is 12.5. The predicted octanol–water partition coefficient (Wildman–Crippen LogP) is -0.731. The van der Waals surface area contributed by atoms with Crippen LogP contribution in [-0.2, 0) is 19.6 Å². The fourth-order valence-electron chi connectivity index (χ4n) is 1.97. The fourth-order valence-corrected chi connectivity index (χ4v) is 3.50. The fraction of sp³-hybridized carbons (Fsp3) is 0.333. The number of nitrogens with one attached hydrogen (secondary N) is 1. The summed E-state index contributed by atoms with van der Waals surface area (Å²) in [6.45, 7) is -0.783. The monoisotopic (exact) mass is 314 g/mol. The maximum atomic E-state index is 12.5. The molecule has 0 bridgehead atoms. The van der Waals surface area contributed by atoms with Crippen molar-refractivity contribution in [1.29, 1.82) is 0 Å². The average molecular weight is 314 g/mol. The van der Waals surface area contributed by atoms with Gasteiger partial charge in [-0.15, -0.1) is 0 Å². The lowest BCUT2D eigenvalue weighted by Crippen LogP contribution is -2.59. The summed E-state index contributed by atoms with van der Waals surface area (Å²) < 4.78 is 30.6. The Bertz CT molecular complexity index is 655. The molecule has 1 aromatic carbocycles. The summed E-state index contributed by atoms with van der Waals surface area (Å²) in [5.41, 5.74) is 0. The molecule has 1 saturated heterocycles. The first kappa shape index (κ1) is 15.3. The van der Waals surface area contributed by atoms with E-state index >= 15 is 0 Å². The standard InChI is InChI=1S/C12H14N2O6S/c1-20-8-2-4-9(5-3-8)21(18,19)14-7-11(15)13-6-10(14)12(16)17/h2-5,10H,6-7H2,1H3,(H,13,15)(H,16,17). The van der Waals surface area contributed by atoms with Gasteiger partial charge in [0.2, 0.25) is 15.9 Å². The molecule has 0 spiro atoms. The number of nitrogens with zero attached hydrogens (tertiary/aromatic N) is 1. The van der Waals surface area contributed by atoms with Crippen LogP contribution in [0.1, 0.15) is 0 Å². The minimum atomic E-state index is -4.08. The van der Waals surface area contributed by atoms with Crippen molar-refractivity contribution < 1.29 is 27.9 Å². The second-order valence-corrected chi connectivity index (χ2v) is 6.27. The van der Waals surface area contributed by atoms with Crippen molar-refractivity contribution in [2.45, 2.75) is 10.9 Å². The summed E-state index contributed by atoms with van der Waals surface area (Å²) in [7, 11) is -2.63. The molecule has 2 rings (SSSR count). The van der Waals surface area contributed by atoms with E-state index in [1.54, 1.807) is 0 Å². The van der Waals surface area contributed by atoms with Gasteiger partial charge in [-0.05, 0) is 24.3 Å².